The van der Waals surface area contributed by atoms with Crippen LogP contribution in [0.4, 0.5) is 0 Å². The molecule has 0 aliphatic carbocycles. The van der Waals surface area contributed by atoms with Gasteiger partial charge in [0, 0.05) is 13.3 Å². The van der Waals surface area contributed by atoms with Crippen molar-refractivity contribution in [2.24, 2.45) is 0 Å². The van der Waals surface area contributed by atoms with Crippen molar-refractivity contribution in [2.45, 2.75) is 71.6 Å². The smallest absolute Gasteiger partial charge is 0.265 e. The molecule has 0 saturated heterocycles. The zero-order valence-electron chi connectivity index (χ0n) is 9.76. The topological polar surface area (TPSA) is 36.4 Å². The van der Waals surface area contributed by atoms with E-state index in [1.807, 2.05) is 6.92 Å². The fraction of sp³-hybridized carbons (Fsp3) is 0.917. The van der Waals surface area contributed by atoms with E-state index < -0.39 is 0 Å². The summed E-state index contributed by atoms with van der Waals surface area (Å²) in [6.45, 7) is 4.12. The lowest BCUT2D eigenvalue weighted by molar-refractivity contribution is -0.00907. The highest BCUT2D eigenvalue weighted by molar-refractivity contribution is 5.75. The summed E-state index contributed by atoms with van der Waals surface area (Å²) in [5.41, 5.74) is 9.28. The van der Waals surface area contributed by atoms with Crippen LogP contribution in [0, 0.1) is 0 Å². The second-order valence-electron chi connectivity index (χ2n) is 4.06. The molecule has 0 unspecified atom stereocenters. The van der Waals surface area contributed by atoms with Gasteiger partial charge in [0.25, 0.3) is 5.71 Å². The van der Waals surface area contributed by atoms with Crippen molar-refractivity contribution in [3.05, 3.63) is 5.53 Å². The van der Waals surface area contributed by atoms with Gasteiger partial charge >= 0.3 is 0 Å². The third kappa shape index (κ3) is 9.47. The maximum Gasteiger partial charge on any atom is 0.265 e. The third-order valence-corrected chi connectivity index (χ3v) is 2.56. The molecule has 2 heteroatoms. The molecule has 2 nitrogen and oxygen atoms in total. The maximum absolute atomic E-state index is 8.42. The summed E-state index contributed by atoms with van der Waals surface area (Å²) in [5.74, 6) is 0. The van der Waals surface area contributed by atoms with Crippen molar-refractivity contribution >= 4 is 5.71 Å². The van der Waals surface area contributed by atoms with Gasteiger partial charge in [-0.05, 0) is 6.42 Å². The summed E-state index contributed by atoms with van der Waals surface area (Å²) >= 11 is 0. The van der Waals surface area contributed by atoms with Gasteiger partial charge in [0.05, 0.1) is 0 Å². The van der Waals surface area contributed by atoms with Crippen LogP contribution in [-0.4, -0.2) is 10.5 Å². The summed E-state index contributed by atoms with van der Waals surface area (Å²) in [6.07, 6.45) is 11.6. The fourth-order valence-electron chi connectivity index (χ4n) is 1.56. The molecular formula is C12H24N2. The molecular weight excluding hydrogens is 172 g/mol. The molecule has 0 fully saturated rings. The van der Waals surface area contributed by atoms with Gasteiger partial charge in [-0.3, -0.25) is 0 Å². The Hall–Kier alpha value is -0.620. The van der Waals surface area contributed by atoms with Gasteiger partial charge in [0.1, 0.15) is 0 Å². The van der Waals surface area contributed by atoms with Crippen LogP contribution in [0.15, 0.2) is 0 Å². The average molecular weight is 196 g/mol. The molecule has 14 heavy (non-hydrogen) atoms. The molecule has 0 radical (unpaired) electrons. The lowest BCUT2D eigenvalue weighted by atomic mass is 10.1. The number of hydrogen-bond donors (Lipinski definition) is 0. The van der Waals surface area contributed by atoms with Crippen molar-refractivity contribution in [3.63, 3.8) is 0 Å². The van der Waals surface area contributed by atoms with Crippen LogP contribution in [0.1, 0.15) is 71.6 Å². The first-order chi connectivity index (χ1) is 6.81. The van der Waals surface area contributed by atoms with Crippen molar-refractivity contribution in [2.75, 3.05) is 0 Å². The Morgan fingerprint density at radius 2 is 1.43 bits per heavy atom. The zero-order valence-corrected chi connectivity index (χ0v) is 9.76. The molecule has 0 spiro atoms. The molecule has 0 aliphatic rings. The van der Waals surface area contributed by atoms with Crippen LogP contribution in [0.5, 0.6) is 0 Å². The molecule has 0 bridgehead atoms. The predicted molar refractivity (Wildman–Crippen MR) is 61.5 cm³/mol. The van der Waals surface area contributed by atoms with E-state index in [4.69, 9.17) is 5.53 Å². The lowest BCUT2D eigenvalue weighted by Crippen LogP contribution is -1.91. The predicted octanol–water partition coefficient (Wildman–Crippen LogP) is 4.21. The number of unbranched alkanes of at least 4 members (excludes halogenated alkanes) is 7. The van der Waals surface area contributed by atoms with Crippen LogP contribution in [0.25, 0.3) is 5.53 Å². The molecule has 0 aromatic carbocycles. The van der Waals surface area contributed by atoms with Gasteiger partial charge in [-0.25, -0.2) is 0 Å². The van der Waals surface area contributed by atoms with E-state index >= 15 is 0 Å². The van der Waals surface area contributed by atoms with Crippen LogP contribution >= 0.6 is 0 Å². The minimum absolute atomic E-state index is 0.857. The maximum atomic E-state index is 8.42. The van der Waals surface area contributed by atoms with E-state index in [0.29, 0.717) is 0 Å². The largest absolute Gasteiger partial charge is 0.362 e. The highest BCUT2D eigenvalue weighted by Gasteiger charge is 1.98. The minimum atomic E-state index is 0.857. The molecule has 0 aromatic rings. The third-order valence-electron chi connectivity index (χ3n) is 2.56. The Morgan fingerprint density at radius 1 is 0.929 bits per heavy atom. The first kappa shape index (κ1) is 13.4. The summed E-state index contributed by atoms with van der Waals surface area (Å²) < 4.78 is 0. The second kappa shape index (κ2) is 10.5. The molecule has 0 N–H and O–H groups in total. The average Bonchev–Trinajstić information content (AvgIpc) is 2.21. The monoisotopic (exact) mass is 196 g/mol. The first-order valence-corrected chi connectivity index (χ1v) is 5.98. The summed E-state index contributed by atoms with van der Waals surface area (Å²) in [4.78, 5) is 3.16. The Balaban J connectivity index is 3.03. The quantitative estimate of drug-likeness (QED) is 0.229. The Kier molecular flexibility index (Phi) is 10.00. The first-order valence-electron chi connectivity index (χ1n) is 5.98. The van der Waals surface area contributed by atoms with Gasteiger partial charge < -0.3 is 5.53 Å². The second-order valence-corrected chi connectivity index (χ2v) is 4.06. The van der Waals surface area contributed by atoms with E-state index in [1.54, 1.807) is 0 Å². The standard InChI is InChI=1S/C12H24N2/c1-3-4-5-6-7-8-9-10-11-12(2)14-13/h3-11H2,1-2H3. The lowest BCUT2D eigenvalue weighted by Gasteiger charge is -1.99. The molecule has 0 aromatic heterocycles. The number of rotatable bonds is 9. The van der Waals surface area contributed by atoms with Crippen molar-refractivity contribution in [3.8, 4) is 0 Å². The zero-order chi connectivity index (χ0) is 10.6. The number of hydrogen-bond acceptors (Lipinski definition) is 0. The van der Waals surface area contributed by atoms with E-state index in [-0.39, 0.29) is 0 Å². The minimum Gasteiger partial charge on any atom is -0.362 e. The molecule has 0 atom stereocenters. The highest BCUT2D eigenvalue weighted by atomic mass is 14.8. The molecule has 0 aliphatic heterocycles. The van der Waals surface area contributed by atoms with Crippen molar-refractivity contribution in [1.82, 2.24) is 0 Å². The number of nitrogens with zero attached hydrogens (tertiary/aromatic N) is 2. The molecule has 82 valence electrons. The van der Waals surface area contributed by atoms with E-state index in [2.05, 4.69) is 11.7 Å². The van der Waals surface area contributed by atoms with Gasteiger partial charge in [-0.2, -0.15) is 4.79 Å². The summed E-state index contributed by atoms with van der Waals surface area (Å²) in [6, 6.07) is 0. The molecule has 0 heterocycles. The summed E-state index contributed by atoms with van der Waals surface area (Å²) in [5, 5.41) is 0. The van der Waals surface area contributed by atoms with Gasteiger partial charge in [-0.15, -0.1) is 0 Å². The van der Waals surface area contributed by atoms with E-state index in [0.717, 1.165) is 12.1 Å². The highest BCUT2D eigenvalue weighted by Crippen LogP contribution is 2.09. The Bertz CT molecular complexity index is 169. The Morgan fingerprint density at radius 3 is 1.93 bits per heavy atom. The van der Waals surface area contributed by atoms with Crippen LogP contribution in [0.2, 0.25) is 0 Å². The molecule has 0 rings (SSSR count). The van der Waals surface area contributed by atoms with Crippen LogP contribution < -0.4 is 0 Å². The molecule has 0 saturated carbocycles. The van der Waals surface area contributed by atoms with Crippen LogP contribution in [-0.2, 0) is 0 Å². The van der Waals surface area contributed by atoms with E-state index in [1.165, 1.54) is 51.4 Å². The normalized spacial score (nSPS) is 9.86. The Labute approximate surface area is 88.3 Å². The van der Waals surface area contributed by atoms with Gasteiger partial charge in [0.2, 0.25) is 0 Å². The van der Waals surface area contributed by atoms with Crippen molar-refractivity contribution < 1.29 is 4.79 Å². The van der Waals surface area contributed by atoms with E-state index in [9.17, 15) is 0 Å². The molecule has 0 amide bonds. The van der Waals surface area contributed by atoms with Gasteiger partial charge in [-0.1, -0.05) is 51.9 Å². The van der Waals surface area contributed by atoms with Crippen molar-refractivity contribution in [1.29, 1.82) is 0 Å². The summed E-state index contributed by atoms with van der Waals surface area (Å²) in [7, 11) is 0. The van der Waals surface area contributed by atoms with Crippen LogP contribution in [0.3, 0.4) is 0 Å². The fourth-order valence-corrected chi connectivity index (χ4v) is 1.56. The SMILES string of the molecule is CCCCCCCCCCC(C)=[N+]=[N-]. The van der Waals surface area contributed by atoms with Gasteiger partial charge in [0.15, 0.2) is 0 Å².